The first-order valence-electron chi connectivity index (χ1n) is 5.14. The minimum Gasteiger partial charge on any atom is -0.464 e. The fourth-order valence-corrected chi connectivity index (χ4v) is 1.90. The minimum absolute atomic E-state index is 0.0356. The Hall–Kier alpha value is -1.31. The van der Waals surface area contributed by atoms with E-state index in [0.29, 0.717) is 9.39 Å². The van der Waals surface area contributed by atoms with E-state index in [1.165, 1.54) is 6.33 Å². The van der Waals surface area contributed by atoms with Crippen molar-refractivity contribution < 1.29 is 4.42 Å². The van der Waals surface area contributed by atoms with Crippen LogP contribution in [0.2, 0.25) is 0 Å². The van der Waals surface area contributed by atoms with Gasteiger partial charge in [-0.3, -0.25) is 4.79 Å². The number of halogens is 1. The van der Waals surface area contributed by atoms with Gasteiger partial charge in [-0.1, -0.05) is 0 Å². The number of hydrogen-bond donors (Lipinski definition) is 2. The van der Waals surface area contributed by atoms with Crippen molar-refractivity contribution in [2.75, 3.05) is 5.32 Å². The molecule has 0 aromatic carbocycles. The number of H-pyrrole nitrogens is 1. The Morgan fingerprint density at radius 2 is 2.29 bits per heavy atom. The van der Waals surface area contributed by atoms with E-state index in [9.17, 15) is 4.79 Å². The Morgan fingerprint density at radius 1 is 1.53 bits per heavy atom. The highest BCUT2D eigenvalue weighted by molar-refractivity contribution is 14.1. The molecule has 2 heterocycles. The number of aromatic amines is 1. The van der Waals surface area contributed by atoms with Crippen LogP contribution in [-0.4, -0.2) is 9.97 Å². The summed E-state index contributed by atoms with van der Waals surface area (Å²) in [5, 5.41) is 3.15. The Balaban J connectivity index is 2.21. The van der Waals surface area contributed by atoms with Gasteiger partial charge in [0.15, 0.2) is 0 Å². The molecule has 0 amide bonds. The van der Waals surface area contributed by atoms with E-state index in [-0.39, 0.29) is 11.6 Å². The molecule has 2 rings (SSSR count). The Morgan fingerprint density at radius 3 is 2.94 bits per heavy atom. The lowest BCUT2D eigenvalue weighted by Crippen LogP contribution is -2.16. The molecule has 17 heavy (non-hydrogen) atoms. The molecule has 0 spiro atoms. The van der Waals surface area contributed by atoms with Crippen molar-refractivity contribution in [1.29, 1.82) is 0 Å². The zero-order valence-electron chi connectivity index (χ0n) is 9.45. The first-order valence-corrected chi connectivity index (χ1v) is 6.22. The largest absolute Gasteiger partial charge is 0.464 e. The van der Waals surface area contributed by atoms with Crippen molar-refractivity contribution in [3.8, 4) is 0 Å². The van der Waals surface area contributed by atoms with Gasteiger partial charge in [0, 0.05) is 0 Å². The van der Waals surface area contributed by atoms with Crippen LogP contribution < -0.4 is 10.9 Å². The molecule has 0 aliphatic rings. The van der Waals surface area contributed by atoms with E-state index in [2.05, 4.69) is 15.3 Å². The maximum atomic E-state index is 11.4. The highest BCUT2D eigenvalue weighted by atomic mass is 127. The van der Waals surface area contributed by atoms with Crippen LogP contribution in [0.15, 0.2) is 27.7 Å². The second-order valence-electron chi connectivity index (χ2n) is 3.71. The lowest BCUT2D eigenvalue weighted by molar-refractivity contribution is 0.466. The molecule has 0 bridgehead atoms. The molecule has 90 valence electrons. The van der Waals surface area contributed by atoms with Crippen molar-refractivity contribution in [2.45, 2.75) is 19.9 Å². The van der Waals surface area contributed by atoms with Crippen LogP contribution in [0.25, 0.3) is 0 Å². The fraction of sp³-hybridized carbons (Fsp3) is 0.273. The fourth-order valence-electron chi connectivity index (χ4n) is 1.45. The Bertz CT molecular complexity index is 576. The molecular weight excluding hydrogens is 333 g/mol. The standard InChI is InChI=1S/C11H12IN3O2/c1-6-3-4-8(17-6)7(2)15-10-9(12)11(16)14-5-13-10/h3-5,7H,1-2H3,(H2,13,14,15,16). The summed E-state index contributed by atoms with van der Waals surface area (Å²) in [5.41, 5.74) is -0.147. The van der Waals surface area contributed by atoms with Gasteiger partial charge in [0.25, 0.3) is 5.56 Å². The average molecular weight is 345 g/mol. The molecule has 2 aromatic heterocycles. The highest BCUT2D eigenvalue weighted by Gasteiger charge is 2.12. The summed E-state index contributed by atoms with van der Waals surface area (Å²) in [4.78, 5) is 18.0. The first-order chi connectivity index (χ1) is 8.08. The molecule has 0 aliphatic carbocycles. The van der Waals surface area contributed by atoms with Gasteiger partial charge in [0.2, 0.25) is 0 Å². The molecule has 1 unspecified atom stereocenters. The molecule has 2 aromatic rings. The lowest BCUT2D eigenvalue weighted by Gasteiger charge is -2.12. The molecule has 0 saturated heterocycles. The number of hydrogen-bond acceptors (Lipinski definition) is 4. The zero-order chi connectivity index (χ0) is 12.4. The van der Waals surface area contributed by atoms with Gasteiger partial charge < -0.3 is 14.7 Å². The quantitative estimate of drug-likeness (QED) is 0.839. The monoisotopic (exact) mass is 345 g/mol. The van der Waals surface area contributed by atoms with Crippen molar-refractivity contribution in [3.05, 3.63) is 43.9 Å². The molecule has 0 aliphatic heterocycles. The molecule has 5 nitrogen and oxygen atoms in total. The van der Waals surface area contributed by atoms with E-state index in [1.807, 2.05) is 48.6 Å². The molecule has 1 atom stereocenters. The van der Waals surface area contributed by atoms with Crippen molar-refractivity contribution in [1.82, 2.24) is 9.97 Å². The van der Waals surface area contributed by atoms with E-state index >= 15 is 0 Å². The molecule has 0 saturated carbocycles. The molecule has 6 heteroatoms. The number of furan rings is 1. The van der Waals surface area contributed by atoms with Crippen molar-refractivity contribution in [3.63, 3.8) is 0 Å². The maximum Gasteiger partial charge on any atom is 0.266 e. The smallest absolute Gasteiger partial charge is 0.266 e. The van der Waals surface area contributed by atoms with Crippen LogP contribution in [0.5, 0.6) is 0 Å². The van der Waals surface area contributed by atoms with Crippen molar-refractivity contribution >= 4 is 28.4 Å². The number of nitrogens with zero attached hydrogens (tertiary/aromatic N) is 1. The van der Waals surface area contributed by atoms with Crippen LogP contribution in [0.4, 0.5) is 5.82 Å². The number of aromatic nitrogens is 2. The molecule has 2 N–H and O–H groups in total. The molecular formula is C11H12IN3O2. The van der Waals surface area contributed by atoms with Gasteiger partial charge >= 0.3 is 0 Å². The normalized spacial score (nSPS) is 12.4. The minimum atomic E-state index is -0.147. The zero-order valence-corrected chi connectivity index (χ0v) is 11.6. The van der Waals surface area contributed by atoms with E-state index in [4.69, 9.17) is 4.42 Å². The van der Waals surface area contributed by atoms with E-state index < -0.39 is 0 Å². The third-order valence-corrected chi connectivity index (χ3v) is 3.34. The molecule has 0 fully saturated rings. The number of rotatable bonds is 3. The summed E-state index contributed by atoms with van der Waals surface area (Å²) in [5.74, 6) is 2.25. The van der Waals surface area contributed by atoms with Gasteiger partial charge in [-0.2, -0.15) is 0 Å². The summed E-state index contributed by atoms with van der Waals surface area (Å²) in [7, 11) is 0. The van der Waals surface area contributed by atoms with Gasteiger partial charge in [-0.25, -0.2) is 4.98 Å². The van der Waals surface area contributed by atoms with Crippen LogP contribution in [0.1, 0.15) is 24.5 Å². The third kappa shape index (κ3) is 2.68. The highest BCUT2D eigenvalue weighted by Crippen LogP contribution is 2.21. The van der Waals surface area contributed by atoms with Crippen LogP contribution in [0.3, 0.4) is 0 Å². The topological polar surface area (TPSA) is 70.9 Å². The predicted molar refractivity (Wildman–Crippen MR) is 73.1 cm³/mol. The van der Waals surface area contributed by atoms with Gasteiger partial charge in [0.05, 0.1) is 12.4 Å². The third-order valence-electron chi connectivity index (χ3n) is 2.34. The van der Waals surface area contributed by atoms with Crippen LogP contribution >= 0.6 is 22.6 Å². The Kier molecular flexibility index (Phi) is 3.51. The van der Waals surface area contributed by atoms with Gasteiger partial charge in [-0.15, -0.1) is 0 Å². The molecule has 0 radical (unpaired) electrons. The predicted octanol–water partition coefficient (Wildman–Crippen LogP) is 2.45. The summed E-state index contributed by atoms with van der Waals surface area (Å²) >= 11 is 1.96. The summed E-state index contributed by atoms with van der Waals surface area (Å²) in [6.07, 6.45) is 1.38. The lowest BCUT2D eigenvalue weighted by atomic mass is 10.2. The second-order valence-corrected chi connectivity index (χ2v) is 4.79. The van der Waals surface area contributed by atoms with Crippen molar-refractivity contribution in [2.24, 2.45) is 0 Å². The number of aryl methyl sites for hydroxylation is 1. The van der Waals surface area contributed by atoms with Crippen LogP contribution in [-0.2, 0) is 0 Å². The average Bonchev–Trinajstić information content (AvgIpc) is 2.72. The summed E-state index contributed by atoms with van der Waals surface area (Å²) in [6.45, 7) is 3.85. The van der Waals surface area contributed by atoms with Crippen LogP contribution in [0, 0.1) is 10.5 Å². The van der Waals surface area contributed by atoms with Gasteiger partial charge in [0.1, 0.15) is 20.9 Å². The van der Waals surface area contributed by atoms with E-state index in [1.54, 1.807) is 0 Å². The summed E-state index contributed by atoms with van der Waals surface area (Å²) in [6, 6.07) is 3.78. The number of anilines is 1. The summed E-state index contributed by atoms with van der Waals surface area (Å²) < 4.78 is 6.05. The first kappa shape index (κ1) is 12.2. The number of nitrogens with one attached hydrogen (secondary N) is 2. The second kappa shape index (κ2) is 4.91. The SMILES string of the molecule is Cc1ccc(C(C)Nc2nc[nH]c(=O)c2I)o1. The maximum absolute atomic E-state index is 11.4. The Labute approximate surface area is 112 Å². The van der Waals surface area contributed by atoms with Gasteiger partial charge in [-0.05, 0) is 48.6 Å². The van der Waals surface area contributed by atoms with E-state index in [0.717, 1.165) is 11.5 Å².